The number of hydrogen-bond acceptors (Lipinski definition) is 5. The van der Waals surface area contributed by atoms with Crippen LogP contribution in [0.1, 0.15) is 0 Å². The van der Waals surface area contributed by atoms with Crippen molar-refractivity contribution in [1.82, 2.24) is 9.78 Å². The van der Waals surface area contributed by atoms with Crippen LogP contribution in [-0.4, -0.2) is 31.4 Å². The molecule has 0 unspecified atom stereocenters. The van der Waals surface area contributed by atoms with Crippen LogP contribution in [0.5, 0.6) is 11.5 Å². The molecule has 0 aliphatic carbocycles. The smallest absolute Gasteiger partial charge is 0.265 e. The maximum atomic E-state index is 12.1. The molecule has 0 amide bonds. The van der Waals surface area contributed by atoms with E-state index in [2.05, 4.69) is 9.82 Å². The summed E-state index contributed by atoms with van der Waals surface area (Å²) in [7, 11) is -1.99. The van der Waals surface area contributed by atoms with Crippen molar-refractivity contribution in [1.29, 1.82) is 0 Å². The third-order valence-corrected chi connectivity index (χ3v) is 4.12. The molecule has 0 spiro atoms. The summed E-state index contributed by atoms with van der Waals surface area (Å²) in [6.45, 7) is 0.944. The molecule has 7 nitrogen and oxygen atoms in total. The SMILES string of the molecule is Cn1cc(S(=O)(=O)Nc2ccc3c(c2)OCCO3)cn1. The summed E-state index contributed by atoms with van der Waals surface area (Å²) in [6.07, 6.45) is 2.72. The van der Waals surface area contributed by atoms with Gasteiger partial charge in [0, 0.05) is 19.3 Å². The van der Waals surface area contributed by atoms with E-state index in [1.807, 2.05) is 0 Å². The summed E-state index contributed by atoms with van der Waals surface area (Å²) in [6, 6.07) is 4.90. The molecule has 2 heterocycles. The van der Waals surface area contributed by atoms with Crippen molar-refractivity contribution in [2.75, 3.05) is 17.9 Å². The largest absolute Gasteiger partial charge is 0.486 e. The summed E-state index contributed by atoms with van der Waals surface area (Å²) in [4.78, 5) is 0.106. The van der Waals surface area contributed by atoms with Gasteiger partial charge in [-0.3, -0.25) is 9.40 Å². The maximum absolute atomic E-state index is 12.1. The van der Waals surface area contributed by atoms with E-state index in [1.165, 1.54) is 17.1 Å². The van der Waals surface area contributed by atoms with Crippen molar-refractivity contribution in [2.45, 2.75) is 4.90 Å². The Labute approximate surface area is 116 Å². The van der Waals surface area contributed by atoms with E-state index in [0.717, 1.165) is 0 Å². The molecule has 0 radical (unpaired) electrons. The first-order valence-corrected chi connectivity index (χ1v) is 7.44. The summed E-state index contributed by atoms with van der Waals surface area (Å²) < 4.78 is 39.0. The fourth-order valence-corrected chi connectivity index (χ4v) is 2.89. The zero-order valence-corrected chi connectivity index (χ0v) is 11.6. The standard InChI is InChI=1S/C12H13N3O4S/c1-15-8-10(7-13-15)20(16,17)14-9-2-3-11-12(6-9)19-5-4-18-11/h2-3,6-8,14H,4-5H2,1H3. The Balaban J connectivity index is 1.87. The van der Waals surface area contributed by atoms with Crippen molar-refractivity contribution in [2.24, 2.45) is 7.05 Å². The molecule has 0 saturated heterocycles. The average molecular weight is 295 g/mol. The van der Waals surface area contributed by atoms with Crippen LogP contribution in [0.3, 0.4) is 0 Å². The number of benzene rings is 1. The van der Waals surface area contributed by atoms with Crippen molar-refractivity contribution >= 4 is 15.7 Å². The van der Waals surface area contributed by atoms with Gasteiger partial charge in [-0.15, -0.1) is 0 Å². The van der Waals surface area contributed by atoms with Crippen LogP contribution in [0.15, 0.2) is 35.5 Å². The minimum absolute atomic E-state index is 0.106. The van der Waals surface area contributed by atoms with Crippen LogP contribution in [0.2, 0.25) is 0 Å². The van der Waals surface area contributed by atoms with Gasteiger partial charge in [-0.2, -0.15) is 5.10 Å². The first-order chi connectivity index (χ1) is 9.54. The number of hydrogen-bond donors (Lipinski definition) is 1. The molecule has 0 bridgehead atoms. The van der Waals surface area contributed by atoms with E-state index >= 15 is 0 Å². The minimum atomic E-state index is -3.65. The summed E-state index contributed by atoms with van der Waals surface area (Å²) in [5.74, 6) is 1.14. The number of sulfonamides is 1. The maximum Gasteiger partial charge on any atom is 0.265 e. The van der Waals surface area contributed by atoms with E-state index in [1.54, 1.807) is 25.2 Å². The lowest BCUT2D eigenvalue weighted by Crippen LogP contribution is -2.16. The highest BCUT2D eigenvalue weighted by Gasteiger charge is 2.18. The fraction of sp³-hybridized carbons (Fsp3) is 0.250. The van der Waals surface area contributed by atoms with Gasteiger partial charge in [0.1, 0.15) is 18.1 Å². The van der Waals surface area contributed by atoms with Crippen molar-refractivity contribution < 1.29 is 17.9 Å². The molecule has 0 atom stereocenters. The monoisotopic (exact) mass is 295 g/mol. The van der Waals surface area contributed by atoms with Crippen LogP contribution >= 0.6 is 0 Å². The highest BCUT2D eigenvalue weighted by atomic mass is 32.2. The van der Waals surface area contributed by atoms with Crippen molar-refractivity contribution in [3.05, 3.63) is 30.6 Å². The lowest BCUT2D eigenvalue weighted by atomic mass is 10.3. The second-order valence-electron chi connectivity index (χ2n) is 4.31. The first kappa shape index (κ1) is 12.8. The molecule has 8 heteroatoms. The number of aryl methyl sites for hydroxylation is 1. The van der Waals surface area contributed by atoms with Crippen LogP contribution in [0.25, 0.3) is 0 Å². The number of nitrogens with zero attached hydrogens (tertiary/aromatic N) is 2. The molecule has 0 fully saturated rings. The number of ether oxygens (including phenoxy) is 2. The van der Waals surface area contributed by atoms with Gasteiger partial charge in [-0.1, -0.05) is 0 Å². The molecule has 1 aliphatic heterocycles. The Morgan fingerprint density at radius 2 is 2.00 bits per heavy atom. The predicted molar refractivity (Wildman–Crippen MR) is 71.4 cm³/mol. The quantitative estimate of drug-likeness (QED) is 0.913. The van der Waals surface area contributed by atoms with E-state index in [9.17, 15) is 8.42 Å². The highest BCUT2D eigenvalue weighted by molar-refractivity contribution is 7.92. The Hall–Kier alpha value is -2.22. The molecular formula is C12H13N3O4S. The Kier molecular flexibility index (Phi) is 3.01. The number of nitrogens with one attached hydrogen (secondary N) is 1. The lowest BCUT2D eigenvalue weighted by molar-refractivity contribution is 0.171. The van der Waals surface area contributed by atoms with Crippen LogP contribution in [0, 0.1) is 0 Å². The third-order valence-electron chi connectivity index (χ3n) is 2.79. The van der Waals surface area contributed by atoms with E-state index < -0.39 is 10.0 Å². The van der Waals surface area contributed by atoms with Gasteiger partial charge >= 0.3 is 0 Å². The van der Waals surface area contributed by atoms with Crippen molar-refractivity contribution in [3.8, 4) is 11.5 Å². The van der Waals surface area contributed by atoms with Gasteiger partial charge in [-0.25, -0.2) is 8.42 Å². The van der Waals surface area contributed by atoms with Crippen LogP contribution in [-0.2, 0) is 17.1 Å². The molecule has 3 rings (SSSR count). The van der Waals surface area contributed by atoms with Crippen LogP contribution in [0.4, 0.5) is 5.69 Å². The lowest BCUT2D eigenvalue weighted by Gasteiger charge is -2.19. The molecule has 0 saturated carbocycles. The predicted octanol–water partition coefficient (Wildman–Crippen LogP) is 0.992. The van der Waals surface area contributed by atoms with E-state index in [0.29, 0.717) is 30.4 Å². The summed E-state index contributed by atoms with van der Waals surface area (Å²) >= 11 is 0. The Bertz CT molecular complexity index is 739. The van der Waals surface area contributed by atoms with Crippen LogP contribution < -0.4 is 14.2 Å². The van der Waals surface area contributed by atoms with Gasteiger partial charge in [-0.05, 0) is 12.1 Å². The number of anilines is 1. The van der Waals surface area contributed by atoms with Gasteiger partial charge in [0.15, 0.2) is 11.5 Å². The third kappa shape index (κ3) is 2.42. The van der Waals surface area contributed by atoms with E-state index in [4.69, 9.17) is 9.47 Å². The van der Waals surface area contributed by atoms with Gasteiger partial charge in [0.25, 0.3) is 10.0 Å². The molecule has 2 aromatic rings. The van der Waals surface area contributed by atoms with Gasteiger partial charge in [0.2, 0.25) is 0 Å². The average Bonchev–Trinajstić information content (AvgIpc) is 2.86. The zero-order valence-electron chi connectivity index (χ0n) is 10.7. The van der Waals surface area contributed by atoms with Crippen molar-refractivity contribution in [3.63, 3.8) is 0 Å². The van der Waals surface area contributed by atoms with E-state index in [-0.39, 0.29) is 4.90 Å². The molecule has 106 valence electrons. The molecule has 1 aliphatic rings. The fourth-order valence-electron chi connectivity index (χ4n) is 1.86. The summed E-state index contributed by atoms with van der Waals surface area (Å²) in [5.41, 5.74) is 0.415. The second kappa shape index (κ2) is 4.71. The topological polar surface area (TPSA) is 82.5 Å². The second-order valence-corrected chi connectivity index (χ2v) is 6.00. The number of aromatic nitrogens is 2. The zero-order chi connectivity index (χ0) is 14.2. The van der Waals surface area contributed by atoms with Gasteiger partial charge in [0.05, 0.1) is 11.9 Å². The highest BCUT2D eigenvalue weighted by Crippen LogP contribution is 2.33. The minimum Gasteiger partial charge on any atom is -0.486 e. The molecule has 20 heavy (non-hydrogen) atoms. The summed E-state index contributed by atoms with van der Waals surface area (Å²) in [5, 5.41) is 3.85. The Morgan fingerprint density at radius 3 is 2.70 bits per heavy atom. The normalized spacial score (nSPS) is 14.1. The molecule has 1 N–H and O–H groups in total. The number of fused-ring (bicyclic) bond motifs is 1. The number of rotatable bonds is 3. The molecular weight excluding hydrogens is 282 g/mol. The molecule has 1 aromatic carbocycles. The van der Waals surface area contributed by atoms with Gasteiger partial charge < -0.3 is 9.47 Å². The first-order valence-electron chi connectivity index (χ1n) is 5.96. The Morgan fingerprint density at radius 1 is 1.25 bits per heavy atom. The molecule has 1 aromatic heterocycles.